The van der Waals surface area contributed by atoms with Gasteiger partial charge in [-0.15, -0.1) is 0 Å². The summed E-state index contributed by atoms with van der Waals surface area (Å²) < 4.78 is 0. The number of hydrogen-bond donors (Lipinski definition) is 2. The van der Waals surface area contributed by atoms with Crippen molar-refractivity contribution < 1.29 is 9.90 Å². The number of nitrogen functional groups attached to an aromatic ring is 1. The molecule has 0 aliphatic rings. The fourth-order valence-corrected chi connectivity index (χ4v) is 1.79. The number of pyridine rings is 1. The molecule has 18 heavy (non-hydrogen) atoms. The van der Waals surface area contributed by atoms with Gasteiger partial charge in [0.2, 0.25) is 0 Å². The Labute approximate surface area is 112 Å². The van der Waals surface area contributed by atoms with Crippen molar-refractivity contribution in [2.24, 2.45) is 0 Å². The largest absolute Gasteiger partial charge is 0.397 e. The van der Waals surface area contributed by atoms with Crippen molar-refractivity contribution in [3.8, 4) is 0 Å². The molecule has 1 heterocycles. The lowest BCUT2D eigenvalue weighted by atomic mass is 10.2. The summed E-state index contributed by atoms with van der Waals surface area (Å²) in [5, 5.41) is 8.99. The van der Waals surface area contributed by atoms with E-state index in [4.69, 9.17) is 22.4 Å². The second-order valence-corrected chi connectivity index (χ2v) is 4.63. The fourth-order valence-electron chi connectivity index (χ4n) is 1.60. The van der Waals surface area contributed by atoms with Crippen molar-refractivity contribution in [1.29, 1.82) is 0 Å². The van der Waals surface area contributed by atoms with E-state index in [9.17, 15) is 4.79 Å². The number of anilines is 1. The van der Waals surface area contributed by atoms with Crippen LogP contribution in [-0.2, 0) is 0 Å². The number of carbonyl (C=O) groups is 1. The lowest BCUT2D eigenvalue weighted by Crippen LogP contribution is -2.38. The first-order valence-corrected chi connectivity index (χ1v) is 6.18. The zero-order chi connectivity index (χ0) is 13.7. The highest BCUT2D eigenvalue weighted by Crippen LogP contribution is 2.19. The number of rotatable bonds is 5. The van der Waals surface area contributed by atoms with Crippen LogP contribution in [0, 0.1) is 0 Å². The molecule has 0 aromatic carbocycles. The van der Waals surface area contributed by atoms with Crippen molar-refractivity contribution in [3.05, 3.63) is 23.0 Å². The highest BCUT2D eigenvalue weighted by Gasteiger charge is 2.21. The number of amides is 1. The Bertz CT molecular complexity index is 424. The van der Waals surface area contributed by atoms with Crippen molar-refractivity contribution in [2.45, 2.75) is 26.3 Å². The molecule has 1 aromatic heterocycles. The summed E-state index contributed by atoms with van der Waals surface area (Å²) in [7, 11) is 0. The van der Waals surface area contributed by atoms with Crippen LogP contribution < -0.4 is 5.73 Å². The van der Waals surface area contributed by atoms with E-state index in [1.807, 2.05) is 13.8 Å². The van der Waals surface area contributed by atoms with E-state index >= 15 is 0 Å². The molecule has 0 unspecified atom stereocenters. The third kappa shape index (κ3) is 3.58. The zero-order valence-corrected chi connectivity index (χ0v) is 11.3. The number of hydrogen-bond acceptors (Lipinski definition) is 4. The lowest BCUT2D eigenvalue weighted by molar-refractivity contribution is 0.0693. The monoisotopic (exact) mass is 271 g/mol. The van der Waals surface area contributed by atoms with Gasteiger partial charge in [0.05, 0.1) is 17.4 Å². The summed E-state index contributed by atoms with van der Waals surface area (Å²) in [4.78, 5) is 17.8. The van der Waals surface area contributed by atoms with Crippen LogP contribution >= 0.6 is 11.6 Å². The van der Waals surface area contributed by atoms with Gasteiger partial charge in [-0.2, -0.15) is 0 Å². The quantitative estimate of drug-likeness (QED) is 0.797. The van der Waals surface area contributed by atoms with E-state index in [0.29, 0.717) is 24.2 Å². The molecule has 0 radical (unpaired) electrons. The number of halogens is 1. The number of aliphatic hydroxyl groups excluding tert-OH is 1. The van der Waals surface area contributed by atoms with Crippen LogP contribution in [0.3, 0.4) is 0 Å². The number of aliphatic hydroxyl groups is 1. The molecule has 6 heteroatoms. The Morgan fingerprint density at radius 1 is 1.61 bits per heavy atom. The zero-order valence-electron chi connectivity index (χ0n) is 10.6. The van der Waals surface area contributed by atoms with Gasteiger partial charge in [-0.25, -0.2) is 4.98 Å². The SMILES string of the molecule is CC(C)N(CCCO)C(=O)c1cc(N)cnc1Cl. The predicted molar refractivity (Wildman–Crippen MR) is 71.5 cm³/mol. The average Bonchev–Trinajstić information content (AvgIpc) is 2.32. The summed E-state index contributed by atoms with van der Waals surface area (Å²) in [6.07, 6.45) is 1.93. The molecule has 0 saturated heterocycles. The minimum absolute atomic E-state index is 0.0153. The van der Waals surface area contributed by atoms with E-state index in [0.717, 1.165) is 0 Å². The van der Waals surface area contributed by atoms with E-state index in [-0.39, 0.29) is 23.7 Å². The van der Waals surface area contributed by atoms with Crippen LogP contribution in [0.15, 0.2) is 12.3 Å². The van der Waals surface area contributed by atoms with Crippen LogP contribution in [-0.4, -0.2) is 40.1 Å². The number of carbonyl (C=O) groups excluding carboxylic acids is 1. The standard InChI is InChI=1S/C12H18ClN3O2/c1-8(2)16(4-3-5-17)12(18)10-6-9(14)7-15-11(10)13/h6-8,17H,3-5,14H2,1-2H3. The number of nitrogens with two attached hydrogens (primary N) is 1. The topological polar surface area (TPSA) is 79.5 Å². The lowest BCUT2D eigenvalue weighted by Gasteiger charge is -2.26. The number of aromatic nitrogens is 1. The minimum Gasteiger partial charge on any atom is -0.397 e. The summed E-state index contributed by atoms with van der Waals surface area (Å²) in [6.45, 7) is 4.32. The van der Waals surface area contributed by atoms with Crippen LogP contribution in [0.1, 0.15) is 30.6 Å². The third-order valence-electron chi connectivity index (χ3n) is 2.53. The Kier molecular flexibility index (Phi) is 5.37. The Balaban J connectivity index is 2.98. The average molecular weight is 272 g/mol. The van der Waals surface area contributed by atoms with Crippen LogP contribution in [0.2, 0.25) is 5.15 Å². The maximum absolute atomic E-state index is 12.3. The highest BCUT2D eigenvalue weighted by atomic mass is 35.5. The minimum atomic E-state index is -0.219. The molecule has 0 fully saturated rings. The summed E-state index contributed by atoms with van der Waals surface area (Å²) in [5.74, 6) is -0.219. The van der Waals surface area contributed by atoms with E-state index in [1.165, 1.54) is 12.3 Å². The van der Waals surface area contributed by atoms with Crippen LogP contribution in [0.4, 0.5) is 5.69 Å². The molecular weight excluding hydrogens is 254 g/mol. The molecule has 1 rings (SSSR count). The molecule has 0 atom stereocenters. The molecule has 0 spiro atoms. The molecule has 0 aliphatic heterocycles. The number of nitrogens with zero attached hydrogens (tertiary/aromatic N) is 2. The van der Waals surface area contributed by atoms with E-state index in [1.54, 1.807) is 4.90 Å². The maximum Gasteiger partial charge on any atom is 0.257 e. The van der Waals surface area contributed by atoms with Gasteiger partial charge in [0.1, 0.15) is 5.15 Å². The van der Waals surface area contributed by atoms with Gasteiger partial charge in [0.25, 0.3) is 5.91 Å². The highest BCUT2D eigenvalue weighted by molar-refractivity contribution is 6.32. The van der Waals surface area contributed by atoms with E-state index in [2.05, 4.69) is 4.98 Å². The summed E-state index contributed by atoms with van der Waals surface area (Å²) in [5.41, 5.74) is 6.30. The molecule has 1 amide bonds. The maximum atomic E-state index is 12.3. The third-order valence-corrected chi connectivity index (χ3v) is 2.83. The van der Waals surface area contributed by atoms with Crippen molar-refractivity contribution in [2.75, 3.05) is 18.9 Å². The molecule has 0 saturated carbocycles. The van der Waals surface area contributed by atoms with Crippen molar-refractivity contribution in [3.63, 3.8) is 0 Å². The van der Waals surface area contributed by atoms with Gasteiger partial charge in [0.15, 0.2) is 0 Å². The Morgan fingerprint density at radius 3 is 2.83 bits per heavy atom. The van der Waals surface area contributed by atoms with Gasteiger partial charge in [0, 0.05) is 19.2 Å². The molecule has 1 aromatic rings. The fraction of sp³-hybridized carbons (Fsp3) is 0.500. The predicted octanol–water partition coefficient (Wildman–Crippen LogP) is 1.55. The first-order chi connectivity index (χ1) is 8.47. The molecular formula is C12H18ClN3O2. The van der Waals surface area contributed by atoms with Gasteiger partial charge >= 0.3 is 0 Å². The molecule has 5 nitrogen and oxygen atoms in total. The van der Waals surface area contributed by atoms with Crippen molar-refractivity contribution >= 4 is 23.2 Å². The van der Waals surface area contributed by atoms with Gasteiger partial charge < -0.3 is 15.7 Å². The first-order valence-electron chi connectivity index (χ1n) is 5.80. The molecule has 100 valence electrons. The van der Waals surface area contributed by atoms with Gasteiger partial charge in [-0.05, 0) is 26.3 Å². The molecule has 0 bridgehead atoms. The summed E-state index contributed by atoms with van der Waals surface area (Å²) >= 11 is 5.91. The Morgan fingerprint density at radius 2 is 2.28 bits per heavy atom. The van der Waals surface area contributed by atoms with Gasteiger partial charge in [-0.1, -0.05) is 11.6 Å². The Hall–Kier alpha value is -1.33. The van der Waals surface area contributed by atoms with Crippen LogP contribution in [0.5, 0.6) is 0 Å². The normalized spacial score (nSPS) is 10.7. The second kappa shape index (κ2) is 6.56. The van der Waals surface area contributed by atoms with Gasteiger partial charge in [-0.3, -0.25) is 4.79 Å². The second-order valence-electron chi connectivity index (χ2n) is 4.28. The smallest absolute Gasteiger partial charge is 0.257 e. The van der Waals surface area contributed by atoms with Crippen molar-refractivity contribution in [1.82, 2.24) is 9.88 Å². The molecule has 0 aliphatic carbocycles. The molecule has 3 N–H and O–H groups in total. The van der Waals surface area contributed by atoms with E-state index < -0.39 is 0 Å². The van der Waals surface area contributed by atoms with Crippen LogP contribution in [0.25, 0.3) is 0 Å². The summed E-state index contributed by atoms with van der Waals surface area (Å²) in [6, 6.07) is 1.54. The first kappa shape index (κ1) is 14.7.